The summed E-state index contributed by atoms with van der Waals surface area (Å²) in [6.45, 7) is -4.26. The van der Waals surface area contributed by atoms with E-state index in [9.17, 15) is 18.0 Å². The van der Waals surface area contributed by atoms with Gasteiger partial charge in [-0.2, -0.15) is 13.2 Å². The van der Waals surface area contributed by atoms with Gasteiger partial charge in [-0.05, 0) is 72.5 Å². The summed E-state index contributed by atoms with van der Waals surface area (Å²) in [6, 6.07) is 7.91. The molecule has 1 aliphatic carbocycles. The number of methoxy groups -OCH3 is 1. The number of esters is 1. The predicted molar refractivity (Wildman–Crippen MR) is 142 cm³/mol. The normalized spacial score (nSPS) is 21.6. The van der Waals surface area contributed by atoms with Gasteiger partial charge < -0.3 is 9.47 Å². The SMILES string of the molecule is [2H]C([2H])(c1ccc(/C(C)=N/COc2ccc(C3CCCCC3)c(C(F)(F)F)c2)cc1C([2H])([2H])C([2H])([2H])[2H])N1CC(C(=O)OC)C1. The molecule has 0 unspecified atom stereocenters. The lowest BCUT2D eigenvalue weighted by atomic mass is 9.82. The maximum atomic E-state index is 13.9. The molecule has 1 aliphatic heterocycles. The molecule has 0 bridgehead atoms. The summed E-state index contributed by atoms with van der Waals surface area (Å²) < 4.78 is 110. The summed E-state index contributed by atoms with van der Waals surface area (Å²) in [5, 5.41) is 0. The monoisotopic (exact) mass is 537 g/mol. The largest absolute Gasteiger partial charge is 0.471 e. The Morgan fingerprint density at radius 1 is 1.13 bits per heavy atom. The topological polar surface area (TPSA) is 51.1 Å². The zero-order valence-electron chi connectivity index (χ0n) is 28.5. The molecule has 1 heterocycles. The number of aliphatic imine (C=N–C) groups is 1. The van der Waals surface area contributed by atoms with Crippen molar-refractivity contribution in [2.75, 3.05) is 26.9 Å². The molecule has 0 amide bonds. The Morgan fingerprint density at radius 3 is 2.58 bits per heavy atom. The zero-order chi connectivity index (χ0) is 33.4. The van der Waals surface area contributed by atoms with E-state index in [4.69, 9.17) is 19.1 Å². The highest BCUT2D eigenvalue weighted by Gasteiger charge is 2.36. The smallest absolute Gasteiger partial charge is 0.416 e. The van der Waals surface area contributed by atoms with Crippen molar-refractivity contribution in [1.29, 1.82) is 0 Å². The van der Waals surface area contributed by atoms with Crippen LogP contribution in [0.5, 0.6) is 5.75 Å². The highest BCUT2D eigenvalue weighted by atomic mass is 19.4. The summed E-state index contributed by atoms with van der Waals surface area (Å²) in [5.41, 5.74) is -0.527. The van der Waals surface area contributed by atoms with Gasteiger partial charge >= 0.3 is 12.1 Å². The highest BCUT2D eigenvalue weighted by molar-refractivity contribution is 5.98. The molecule has 0 N–H and O–H groups in total. The fourth-order valence-corrected chi connectivity index (χ4v) is 4.96. The summed E-state index contributed by atoms with van der Waals surface area (Å²) in [6.07, 6.45) is -3.28. The Kier molecular flexibility index (Phi) is 6.52. The van der Waals surface area contributed by atoms with E-state index < -0.39 is 48.9 Å². The Balaban J connectivity index is 1.58. The number of ether oxygens (including phenoxy) is 2. The first kappa shape index (κ1) is 20.1. The minimum atomic E-state index is -4.55. The number of halogens is 3. The van der Waals surface area contributed by atoms with Crippen LogP contribution in [0.3, 0.4) is 0 Å². The van der Waals surface area contributed by atoms with Gasteiger partial charge in [0.15, 0.2) is 6.73 Å². The van der Waals surface area contributed by atoms with Crippen LogP contribution in [0, 0.1) is 5.92 Å². The Hall–Kier alpha value is -2.87. The molecule has 2 fully saturated rings. The van der Waals surface area contributed by atoms with Gasteiger partial charge in [0.05, 0.1) is 18.6 Å². The number of nitrogens with zero attached hydrogens (tertiary/aromatic N) is 2. The van der Waals surface area contributed by atoms with E-state index >= 15 is 0 Å². The van der Waals surface area contributed by atoms with E-state index in [1.54, 1.807) is 6.92 Å². The second-order valence-corrected chi connectivity index (χ2v) is 9.72. The van der Waals surface area contributed by atoms with Crippen LogP contribution in [0.2, 0.25) is 0 Å². The van der Waals surface area contributed by atoms with Gasteiger partial charge in [-0.25, -0.2) is 0 Å². The van der Waals surface area contributed by atoms with Gasteiger partial charge in [0.1, 0.15) is 5.75 Å². The van der Waals surface area contributed by atoms with Crippen molar-refractivity contribution in [2.24, 2.45) is 10.9 Å². The van der Waals surface area contributed by atoms with Gasteiger partial charge in [0.25, 0.3) is 0 Å². The molecule has 2 aliphatic rings. The Morgan fingerprint density at radius 2 is 1.89 bits per heavy atom. The van der Waals surface area contributed by atoms with Crippen molar-refractivity contribution in [2.45, 2.75) is 70.8 Å². The molecule has 0 atom stereocenters. The first-order valence-electron chi connectivity index (χ1n) is 16.2. The molecule has 0 radical (unpaired) electrons. The van der Waals surface area contributed by atoms with Crippen LogP contribution < -0.4 is 4.74 Å². The number of benzene rings is 2. The van der Waals surface area contributed by atoms with Crippen molar-refractivity contribution in [3.8, 4) is 5.75 Å². The fourth-order valence-electron chi connectivity index (χ4n) is 4.96. The molecule has 1 saturated carbocycles. The van der Waals surface area contributed by atoms with Crippen LogP contribution in [-0.4, -0.2) is 43.5 Å². The molecule has 5 nitrogen and oxygen atoms in total. The quantitative estimate of drug-likeness (QED) is 0.262. The second kappa shape index (κ2) is 12.3. The van der Waals surface area contributed by atoms with E-state index in [1.165, 1.54) is 42.3 Å². The average molecular weight is 538 g/mol. The Bertz CT molecular complexity index is 1420. The molecule has 0 aromatic heterocycles. The number of likely N-dealkylation sites (tertiary alicyclic amines) is 1. The number of alkyl halides is 3. The minimum Gasteiger partial charge on any atom is -0.471 e. The van der Waals surface area contributed by atoms with Crippen LogP contribution in [0.1, 0.15) is 89.2 Å². The molecule has 1 saturated heterocycles. The van der Waals surface area contributed by atoms with Crippen LogP contribution in [0.15, 0.2) is 41.4 Å². The maximum Gasteiger partial charge on any atom is 0.416 e. The molecular formula is C30H37F3N2O3. The van der Waals surface area contributed by atoms with Gasteiger partial charge in [0.2, 0.25) is 0 Å². The minimum absolute atomic E-state index is 0.00709. The lowest BCUT2D eigenvalue weighted by molar-refractivity contribution is -0.151. The number of carbonyl (C=O) groups excluding carboxylic acids is 1. The van der Waals surface area contributed by atoms with Crippen LogP contribution in [0.4, 0.5) is 13.2 Å². The van der Waals surface area contributed by atoms with Gasteiger partial charge in [-0.3, -0.25) is 14.7 Å². The van der Waals surface area contributed by atoms with Crippen molar-refractivity contribution in [1.82, 2.24) is 4.90 Å². The lowest BCUT2D eigenvalue weighted by Crippen LogP contribution is -2.50. The number of hydrogen-bond donors (Lipinski definition) is 0. The third kappa shape index (κ3) is 6.76. The average Bonchev–Trinajstić information content (AvgIpc) is 2.95. The maximum absolute atomic E-state index is 13.9. The number of aryl methyl sites for hydroxylation is 1. The second-order valence-electron chi connectivity index (χ2n) is 9.72. The first-order chi connectivity index (χ1) is 20.9. The van der Waals surface area contributed by atoms with Gasteiger partial charge in [0, 0.05) is 34.9 Å². The molecule has 38 heavy (non-hydrogen) atoms. The molecule has 4 rings (SSSR count). The molecular weight excluding hydrogens is 493 g/mol. The summed E-state index contributed by atoms with van der Waals surface area (Å²) >= 11 is 0. The fraction of sp³-hybridized carbons (Fsp3) is 0.533. The van der Waals surface area contributed by atoms with E-state index in [-0.39, 0.29) is 53.9 Å². The van der Waals surface area contributed by atoms with Gasteiger partial charge in [-0.15, -0.1) is 0 Å². The van der Waals surface area contributed by atoms with E-state index in [2.05, 4.69) is 4.99 Å². The van der Waals surface area contributed by atoms with Crippen molar-refractivity contribution in [3.05, 3.63) is 64.2 Å². The van der Waals surface area contributed by atoms with E-state index in [0.717, 1.165) is 25.3 Å². The van der Waals surface area contributed by atoms with Crippen LogP contribution in [-0.2, 0) is 28.6 Å². The third-order valence-electron chi connectivity index (χ3n) is 7.17. The molecule has 8 heteroatoms. The third-order valence-corrected chi connectivity index (χ3v) is 7.17. The Labute approximate surface area is 232 Å². The number of carbonyl (C=O) groups is 1. The predicted octanol–water partition coefficient (Wildman–Crippen LogP) is 6.77. The van der Waals surface area contributed by atoms with Gasteiger partial charge in [-0.1, -0.05) is 44.3 Å². The lowest BCUT2D eigenvalue weighted by Gasteiger charge is -2.37. The van der Waals surface area contributed by atoms with Crippen LogP contribution >= 0.6 is 0 Å². The van der Waals surface area contributed by atoms with E-state index in [0.29, 0.717) is 12.8 Å². The standard InChI is InChI=1S/C30H37F3N2O3/c1-4-21-14-23(10-11-24(21)16-35-17-25(18-35)29(36)37-3)20(2)34-19-38-26-12-13-27(22-8-6-5-7-9-22)28(15-26)30(31,32)33/h10-15,22,25H,4-9,16-19H2,1-3H3/b34-20+/i1D3,4D2,16D2. The number of rotatable bonds is 9. The van der Waals surface area contributed by atoms with Crippen molar-refractivity contribution < 1.29 is 37.0 Å². The molecule has 2 aromatic rings. The summed E-state index contributed by atoms with van der Waals surface area (Å²) in [5.74, 6) is -1.22. The molecule has 2 aromatic carbocycles. The van der Waals surface area contributed by atoms with E-state index in [1.807, 2.05) is 0 Å². The molecule has 0 spiro atoms. The summed E-state index contributed by atoms with van der Waals surface area (Å²) in [7, 11) is 1.23. The highest BCUT2D eigenvalue weighted by Crippen LogP contribution is 2.42. The molecule has 206 valence electrons. The summed E-state index contributed by atoms with van der Waals surface area (Å²) in [4.78, 5) is 17.4. The van der Waals surface area contributed by atoms with Crippen LogP contribution in [0.25, 0.3) is 0 Å². The van der Waals surface area contributed by atoms with Crippen molar-refractivity contribution in [3.63, 3.8) is 0 Å². The van der Waals surface area contributed by atoms with Crippen molar-refractivity contribution >= 4 is 11.7 Å². The number of hydrogen-bond acceptors (Lipinski definition) is 5. The first-order valence-corrected chi connectivity index (χ1v) is 12.7. The zero-order valence-corrected chi connectivity index (χ0v) is 21.5.